The van der Waals surface area contributed by atoms with E-state index in [1.807, 2.05) is 26.0 Å². The van der Waals surface area contributed by atoms with Gasteiger partial charge in [-0.05, 0) is 20.3 Å². The standard InChI is InChI=1S/C18H28N2O5/c1-6-9-14-12-24-16(20-14)18(3,4)15(25-13(2)21)10-7-8-11-19-17(22)23-5/h6-8,14-15H,1,9-12H2,2-5H3,(H,19,22)/b8-7-. The van der Waals surface area contributed by atoms with Crippen molar-refractivity contribution in [1.82, 2.24) is 5.32 Å². The maximum Gasteiger partial charge on any atom is 0.407 e. The number of alkyl carbamates (subject to hydrolysis) is 1. The molecule has 1 aliphatic rings. The van der Waals surface area contributed by atoms with Crippen molar-refractivity contribution in [2.45, 2.75) is 45.8 Å². The number of rotatable bonds is 9. The predicted octanol–water partition coefficient (Wildman–Crippen LogP) is 2.62. The third-order valence-corrected chi connectivity index (χ3v) is 3.88. The first-order valence-electron chi connectivity index (χ1n) is 8.27. The van der Waals surface area contributed by atoms with Crippen LogP contribution in [0.4, 0.5) is 4.79 Å². The molecule has 0 aromatic carbocycles. The molecular formula is C18H28N2O5. The Hall–Kier alpha value is -2.31. The molecule has 1 rings (SSSR count). The fourth-order valence-corrected chi connectivity index (χ4v) is 2.43. The van der Waals surface area contributed by atoms with Crippen LogP contribution in [0.3, 0.4) is 0 Å². The van der Waals surface area contributed by atoms with Crippen molar-refractivity contribution in [3.05, 3.63) is 24.8 Å². The first kappa shape index (κ1) is 20.7. The highest BCUT2D eigenvalue weighted by atomic mass is 16.5. The fourth-order valence-electron chi connectivity index (χ4n) is 2.43. The van der Waals surface area contributed by atoms with Gasteiger partial charge in [-0.25, -0.2) is 9.79 Å². The van der Waals surface area contributed by atoms with E-state index in [0.717, 1.165) is 6.42 Å². The van der Waals surface area contributed by atoms with E-state index in [9.17, 15) is 9.59 Å². The van der Waals surface area contributed by atoms with Gasteiger partial charge in [0, 0.05) is 19.9 Å². The molecule has 25 heavy (non-hydrogen) atoms. The summed E-state index contributed by atoms with van der Waals surface area (Å²) in [7, 11) is 1.31. The zero-order valence-corrected chi connectivity index (χ0v) is 15.4. The van der Waals surface area contributed by atoms with E-state index in [2.05, 4.69) is 21.6 Å². The van der Waals surface area contributed by atoms with Gasteiger partial charge >= 0.3 is 12.1 Å². The van der Waals surface area contributed by atoms with Crippen LogP contribution in [0, 0.1) is 5.41 Å². The number of nitrogens with zero attached hydrogens (tertiary/aromatic N) is 1. The van der Waals surface area contributed by atoms with E-state index in [1.54, 1.807) is 6.08 Å². The second kappa shape index (κ2) is 9.86. The van der Waals surface area contributed by atoms with Gasteiger partial charge in [-0.15, -0.1) is 6.58 Å². The molecule has 1 heterocycles. The summed E-state index contributed by atoms with van der Waals surface area (Å²) in [5.74, 6) is 0.229. The van der Waals surface area contributed by atoms with E-state index in [1.165, 1.54) is 14.0 Å². The zero-order valence-electron chi connectivity index (χ0n) is 15.4. The maximum atomic E-state index is 11.5. The minimum absolute atomic E-state index is 0.0598. The Bertz CT molecular complexity index is 540. The Balaban J connectivity index is 2.74. The summed E-state index contributed by atoms with van der Waals surface area (Å²) in [5.41, 5.74) is -0.568. The highest BCUT2D eigenvalue weighted by Gasteiger charge is 2.40. The monoisotopic (exact) mass is 352 g/mol. The SMILES string of the molecule is C=CCC1COC(C(C)(C)C(C/C=C\CNC(=O)OC)OC(C)=O)=N1. The second-order valence-corrected chi connectivity index (χ2v) is 6.32. The molecule has 7 nitrogen and oxygen atoms in total. The normalized spacial score (nSPS) is 18.2. The van der Waals surface area contributed by atoms with Crippen molar-refractivity contribution in [1.29, 1.82) is 0 Å². The number of hydrogen-bond donors (Lipinski definition) is 1. The first-order valence-corrected chi connectivity index (χ1v) is 8.27. The Morgan fingerprint density at radius 3 is 2.80 bits per heavy atom. The lowest BCUT2D eigenvalue weighted by Gasteiger charge is -2.32. The average molecular weight is 352 g/mol. The van der Waals surface area contributed by atoms with Crippen molar-refractivity contribution >= 4 is 18.0 Å². The molecule has 1 N–H and O–H groups in total. The second-order valence-electron chi connectivity index (χ2n) is 6.32. The van der Waals surface area contributed by atoms with Gasteiger partial charge in [-0.1, -0.05) is 18.2 Å². The molecule has 2 unspecified atom stereocenters. The van der Waals surface area contributed by atoms with Crippen molar-refractivity contribution in [2.75, 3.05) is 20.3 Å². The van der Waals surface area contributed by atoms with Crippen molar-refractivity contribution < 1.29 is 23.8 Å². The van der Waals surface area contributed by atoms with Crippen molar-refractivity contribution in [3.63, 3.8) is 0 Å². The lowest BCUT2D eigenvalue weighted by atomic mass is 9.84. The van der Waals surface area contributed by atoms with Gasteiger partial charge in [0.05, 0.1) is 18.6 Å². The van der Waals surface area contributed by atoms with Gasteiger partial charge in [0.25, 0.3) is 0 Å². The van der Waals surface area contributed by atoms with Crippen molar-refractivity contribution in [2.24, 2.45) is 10.4 Å². The molecule has 2 atom stereocenters. The summed E-state index contributed by atoms with van der Waals surface area (Å²) >= 11 is 0. The number of carbonyl (C=O) groups is 2. The lowest BCUT2D eigenvalue weighted by molar-refractivity contribution is -0.150. The van der Waals surface area contributed by atoms with E-state index < -0.39 is 17.6 Å². The summed E-state index contributed by atoms with van der Waals surface area (Å²) in [5, 5.41) is 2.55. The molecule has 0 aromatic rings. The molecule has 0 aliphatic carbocycles. The van der Waals surface area contributed by atoms with Crippen LogP contribution in [0.1, 0.15) is 33.6 Å². The van der Waals surface area contributed by atoms with Crippen LogP contribution in [0.2, 0.25) is 0 Å². The fraction of sp³-hybridized carbons (Fsp3) is 0.611. The van der Waals surface area contributed by atoms with Crippen LogP contribution in [0.5, 0.6) is 0 Å². The summed E-state index contributed by atoms with van der Waals surface area (Å²) < 4.78 is 15.7. The Kier molecular flexibility index (Phi) is 8.18. The number of esters is 1. The number of carbonyl (C=O) groups excluding carboxylic acids is 2. The molecular weight excluding hydrogens is 324 g/mol. The highest BCUT2D eigenvalue weighted by Crippen LogP contribution is 2.32. The van der Waals surface area contributed by atoms with Crippen LogP contribution in [0.25, 0.3) is 0 Å². The number of ether oxygens (including phenoxy) is 3. The quantitative estimate of drug-likeness (QED) is 0.509. The molecule has 0 saturated heterocycles. The molecule has 1 amide bonds. The van der Waals surface area contributed by atoms with Gasteiger partial charge < -0.3 is 19.5 Å². The number of hydrogen-bond acceptors (Lipinski definition) is 6. The molecule has 0 spiro atoms. The summed E-state index contributed by atoms with van der Waals surface area (Å²) in [6.45, 7) is 9.82. The smallest absolute Gasteiger partial charge is 0.407 e. The molecule has 0 bridgehead atoms. The third-order valence-electron chi connectivity index (χ3n) is 3.88. The Morgan fingerprint density at radius 1 is 1.48 bits per heavy atom. The Morgan fingerprint density at radius 2 is 2.20 bits per heavy atom. The third kappa shape index (κ3) is 6.60. The highest BCUT2D eigenvalue weighted by molar-refractivity contribution is 5.84. The van der Waals surface area contributed by atoms with Crippen molar-refractivity contribution in [3.8, 4) is 0 Å². The van der Waals surface area contributed by atoms with Crippen LogP contribution in [-0.2, 0) is 19.0 Å². The van der Waals surface area contributed by atoms with Gasteiger partial charge in [0.1, 0.15) is 12.7 Å². The minimum Gasteiger partial charge on any atom is -0.478 e. The zero-order chi connectivity index (χ0) is 18.9. The van der Waals surface area contributed by atoms with Crippen LogP contribution in [-0.4, -0.2) is 50.4 Å². The van der Waals surface area contributed by atoms with Gasteiger partial charge in [-0.3, -0.25) is 4.79 Å². The van der Waals surface area contributed by atoms with E-state index in [-0.39, 0.29) is 12.0 Å². The topological polar surface area (TPSA) is 86.2 Å². The molecule has 0 fully saturated rings. The number of amides is 1. The van der Waals surface area contributed by atoms with E-state index >= 15 is 0 Å². The van der Waals surface area contributed by atoms with Crippen LogP contribution < -0.4 is 5.32 Å². The minimum atomic E-state index is -0.568. The molecule has 1 aliphatic heterocycles. The largest absolute Gasteiger partial charge is 0.478 e. The Labute approximate surface area is 149 Å². The number of aliphatic imine (C=N–C) groups is 1. The summed E-state index contributed by atoms with van der Waals surface area (Å²) in [4.78, 5) is 27.1. The first-order chi connectivity index (χ1) is 11.8. The molecule has 0 aromatic heterocycles. The summed E-state index contributed by atoms with van der Waals surface area (Å²) in [6.07, 6.45) is 5.74. The average Bonchev–Trinajstić information content (AvgIpc) is 3.02. The van der Waals surface area contributed by atoms with Gasteiger partial charge in [-0.2, -0.15) is 0 Å². The number of nitrogens with one attached hydrogen (secondary N) is 1. The van der Waals surface area contributed by atoms with Gasteiger partial charge in [0.15, 0.2) is 5.90 Å². The van der Waals surface area contributed by atoms with Gasteiger partial charge in [0.2, 0.25) is 0 Å². The van der Waals surface area contributed by atoms with Crippen LogP contribution in [0.15, 0.2) is 29.8 Å². The molecule has 0 radical (unpaired) electrons. The molecule has 140 valence electrons. The predicted molar refractivity (Wildman–Crippen MR) is 95.5 cm³/mol. The van der Waals surface area contributed by atoms with E-state index in [4.69, 9.17) is 9.47 Å². The summed E-state index contributed by atoms with van der Waals surface area (Å²) in [6, 6.07) is 0.0598. The van der Waals surface area contributed by atoms with E-state index in [0.29, 0.717) is 25.5 Å². The molecule has 7 heteroatoms. The van der Waals surface area contributed by atoms with Crippen LogP contribution >= 0.6 is 0 Å². The number of methoxy groups -OCH3 is 1. The molecule has 0 saturated carbocycles. The lowest BCUT2D eigenvalue weighted by Crippen LogP contribution is -2.40. The maximum absolute atomic E-state index is 11.5.